The van der Waals surface area contributed by atoms with Crippen molar-refractivity contribution >= 4 is 5.97 Å². The maximum absolute atomic E-state index is 12.1. The van der Waals surface area contributed by atoms with Gasteiger partial charge >= 0.3 is 5.97 Å². The smallest absolute Gasteiger partial charge is 0.307 e. The number of aromatic amines is 2. The number of aromatic nitrogens is 8. The number of hydrogen-bond acceptors (Lipinski definition) is 7. The molecule has 10 heteroatoms. The molecule has 3 N–H and O–H groups in total. The maximum atomic E-state index is 12.1. The lowest BCUT2D eigenvalue weighted by molar-refractivity contribution is -0.144. The maximum Gasteiger partial charge on any atom is 0.307 e. The van der Waals surface area contributed by atoms with Crippen molar-refractivity contribution in [2.45, 2.75) is 32.6 Å². The van der Waals surface area contributed by atoms with Crippen molar-refractivity contribution in [1.82, 2.24) is 41.2 Å². The standard InChI is InChI=1S/C22H24N8O2/c1-3-13(2)19(22(31)32)18(21-25-29-30-26-21)12-14-4-6-15(7-5-14)16-8-10-17(11-9-16)20-23-27-28-24-20/h4-11,13,18-19H,3,12H2,1-2H3,(H,31,32)(H,23,24,27,28)(H,25,26,29,30)/t13-,18-,19-/m0/s1. The Balaban J connectivity index is 1.55. The van der Waals surface area contributed by atoms with Gasteiger partial charge in [0.1, 0.15) is 0 Å². The van der Waals surface area contributed by atoms with Crippen molar-refractivity contribution in [2.75, 3.05) is 0 Å². The van der Waals surface area contributed by atoms with Gasteiger partial charge in [0.2, 0.25) is 5.82 Å². The lowest BCUT2D eigenvalue weighted by atomic mass is 9.77. The first kappa shape index (κ1) is 21.3. The molecule has 0 bridgehead atoms. The minimum absolute atomic E-state index is 0.0204. The van der Waals surface area contributed by atoms with Gasteiger partial charge in [0, 0.05) is 11.5 Å². The predicted octanol–water partition coefficient (Wildman–Crippen LogP) is 3.12. The second-order valence-electron chi connectivity index (χ2n) is 7.84. The molecule has 4 aromatic rings. The number of benzene rings is 2. The fourth-order valence-electron chi connectivity index (χ4n) is 3.95. The van der Waals surface area contributed by atoms with Crippen LogP contribution < -0.4 is 0 Å². The Morgan fingerprint density at radius 3 is 2.03 bits per heavy atom. The van der Waals surface area contributed by atoms with Crippen LogP contribution in [-0.4, -0.2) is 52.3 Å². The van der Waals surface area contributed by atoms with Crippen LogP contribution in [0.3, 0.4) is 0 Å². The van der Waals surface area contributed by atoms with Crippen LogP contribution in [0, 0.1) is 11.8 Å². The molecule has 0 saturated carbocycles. The van der Waals surface area contributed by atoms with Gasteiger partial charge in [0.05, 0.1) is 5.92 Å². The zero-order valence-electron chi connectivity index (χ0n) is 17.8. The van der Waals surface area contributed by atoms with Crippen molar-refractivity contribution in [3.05, 3.63) is 59.9 Å². The molecule has 3 atom stereocenters. The summed E-state index contributed by atoms with van der Waals surface area (Å²) in [6, 6.07) is 16.0. The number of rotatable bonds is 9. The number of nitrogens with zero attached hydrogens (tertiary/aromatic N) is 6. The Morgan fingerprint density at radius 1 is 0.906 bits per heavy atom. The van der Waals surface area contributed by atoms with Gasteiger partial charge in [-0.3, -0.25) is 4.79 Å². The van der Waals surface area contributed by atoms with Crippen LogP contribution in [0.1, 0.15) is 37.6 Å². The third-order valence-corrected chi connectivity index (χ3v) is 5.90. The Bertz CT molecular complexity index is 1130. The predicted molar refractivity (Wildman–Crippen MR) is 116 cm³/mol. The number of hydrogen-bond donors (Lipinski definition) is 3. The lowest BCUT2D eigenvalue weighted by Gasteiger charge is -2.26. The Morgan fingerprint density at radius 2 is 1.50 bits per heavy atom. The normalized spacial score (nSPS) is 14.1. The summed E-state index contributed by atoms with van der Waals surface area (Å²) in [5.74, 6) is -0.857. The summed E-state index contributed by atoms with van der Waals surface area (Å²) in [4.78, 5) is 12.1. The largest absolute Gasteiger partial charge is 0.481 e. The van der Waals surface area contributed by atoms with Crippen molar-refractivity contribution in [1.29, 1.82) is 0 Å². The van der Waals surface area contributed by atoms with Gasteiger partial charge in [0.25, 0.3) is 0 Å². The number of aliphatic carboxylic acids is 1. The molecule has 32 heavy (non-hydrogen) atoms. The van der Waals surface area contributed by atoms with Gasteiger partial charge in [-0.1, -0.05) is 74.0 Å². The third-order valence-electron chi connectivity index (χ3n) is 5.90. The monoisotopic (exact) mass is 432 g/mol. The third kappa shape index (κ3) is 4.53. The second-order valence-corrected chi connectivity index (χ2v) is 7.84. The highest BCUT2D eigenvalue weighted by molar-refractivity contribution is 5.72. The number of nitrogens with one attached hydrogen (secondary N) is 2. The average Bonchev–Trinajstić information content (AvgIpc) is 3.53. The quantitative estimate of drug-likeness (QED) is 0.366. The van der Waals surface area contributed by atoms with E-state index in [1.165, 1.54) is 0 Å². The summed E-state index contributed by atoms with van der Waals surface area (Å²) in [7, 11) is 0. The Hall–Kier alpha value is -3.95. The summed E-state index contributed by atoms with van der Waals surface area (Å²) in [5, 5.41) is 38.2. The van der Waals surface area contributed by atoms with E-state index in [2.05, 4.69) is 41.2 Å². The number of carbonyl (C=O) groups is 1. The molecule has 2 heterocycles. The van der Waals surface area contributed by atoms with E-state index in [1.54, 1.807) is 0 Å². The SMILES string of the molecule is CC[C@H](C)[C@H](C(=O)O)[C@H](Cc1ccc(-c2ccc(-c3nn[nH]n3)cc2)cc1)c1nn[nH]n1. The Labute approximate surface area is 184 Å². The zero-order valence-corrected chi connectivity index (χ0v) is 17.8. The van der Waals surface area contributed by atoms with Crippen LogP contribution in [0.15, 0.2) is 48.5 Å². The highest BCUT2D eigenvalue weighted by Gasteiger charge is 2.36. The van der Waals surface area contributed by atoms with Crippen LogP contribution in [0.5, 0.6) is 0 Å². The second kappa shape index (κ2) is 9.46. The van der Waals surface area contributed by atoms with Crippen LogP contribution in [0.4, 0.5) is 0 Å². The molecule has 2 aromatic heterocycles. The number of carboxylic acid groups (broad SMARTS) is 1. The first-order valence-electron chi connectivity index (χ1n) is 10.5. The molecule has 0 amide bonds. The van der Waals surface area contributed by atoms with Gasteiger partial charge < -0.3 is 5.11 Å². The summed E-state index contributed by atoms with van der Waals surface area (Å²) < 4.78 is 0. The molecule has 4 rings (SSSR count). The molecule has 10 nitrogen and oxygen atoms in total. The summed E-state index contributed by atoms with van der Waals surface area (Å²) in [6.45, 7) is 3.94. The first-order valence-corrected chi connectivity index (χ1v) is 10.5. The minimum Gasteiger partial charge on any atom is -0.481 e. The minimum atomic E-state index is -0.840. The fourth-order valence-corrected chi connectivity index (χ4v) is 3.95. The van der Waals surface area contributed by atoms with Gasteiger partial charge in [-0.15, -0.1) is 20.4 Å². The molecule has 2 aromatic carbocycles. The Kier molecular flexibility index (Phi) is 6.29. The van der Waals surface area contributed by atoms with Crippen LogP contribution in [0.2, 0.25) is 0 Å². The molecule has 0 aliphatic rings. The molecule has 0 fully saturated rings. The summed E-state index contributed by atoms with van der Waals surface area (Å²) in [6.07, 6.45) is 1.27. The lowest BCUT2D eigenvalue weighted by Crippen LogP contribution is -2.30. The summed E-state index contributed by atoms with van der Waals surface area (Å²) >= 11 is 0. The van der Waals surface area contributed by atoms with Gasteiger partial charge in [-0.25, -0.2) is 0 Å². The number of tetrazole rings is 2. The molecule has 164 valence electrons. The molecule has 0 radical (unpaired) electrons. The van der Waals surface area contributed by atoms with Gasteiger partial charge in [0.15, 0.2) is 5.82 Å². The van der Waals surface area contributed by atoms with E-state index < -0.39 is 11.9 Å². The number of H-pyrrole nitrogens is 2. The molecule has 0 saturated heterocycles. The molecule has 0 aliphatic heterocycles. The van der Waals surface area contributed by atoms with E-state index in [1.807, 2.05) is 62.4 Å². The molecule has 0 spiro atoms. The molecule has 0 unspecified atom stereocenters. The average molecular weight is 432 g/mol. The highest BCUT2D eigenvalue weighted by Crippen LogP contribution is 2.34. The van der Waals surface area contributed by atoms with Crippen LogP contribution >= 0.6 is 0 Å². The van der Waals surface area contributed by atoms with Crippen molar-refractivity contribution in [2.24, 2.45) is 11.8 Å². The van der Waals surface area contributed by atoms with Crippen molar-refractivity contribution in [3.8, 4) is 22.5 Å². The highest BCUT2D eigenvalue weighted by atomic mass is 16.4. The van der Waals surface area contributed by atoms with Gasteiger partial charge in [-0.05, 0) is 34.2 Å². The molecular formula is C22H24N8O2. The fraction of sp³-hybridized carbons (Fsp3) is 0.318. The van der Waals surface area contributed by atoms with Gasteiger partial charge in [-0.2, -0.15) is 10.4 Å². The van der Waals surface area contributed by atoms with Crippen LogP contribution in [-0.2, 0) is 11.2 Å². The van der Waals surface area contributed by atoms with Crippen molar-refractivity contribution in [3.63, 3.8) is 0 Å². The zero-order chi connectivity index (χ0) is 22.5. The first-order chi connectivity index (χ1) is 15.6. The molecule has 0 aliphatic carbocycles. The molecular weight excluding hydrogens is 408 g/mol. The topological polar surface area (TPSA) is 146 Å². The van der Waals surface area contributed by atoms with E-state index in [-0.39, 0.29) is 11.8 Å². The van der Waals surface area contributed by atoms with E-state index in [0.29, 0.717) is 18.1 Å². The van der Waals surface area contributed by atoms with Crippen molar-refractivity contribution < 1.29 is 9.90 Å². The van der Waals surface area contributed by atoms with E-state index >= 15 is 0 Å². The number of carboxylic acids is 1. The van der Waals surface area contributed by atoms with E-state index in [9.17, 15) is 9.90 Å². The van der Waals surface area contributed by atoms with E-state index in [4.69, 9.17) is 0 Å². The van der Waals surface area contributed by atoms with E-state index in [0.717, 1.165) is 28.7 Å². The summed E-state index contributed by atoms with van der Waals surface area (Å²) in [5.41, 5.74) is 4.01. The van der Waals surface area contributed by atoms with Crippen LogP contribution in [0.25, 0.3) is 22.5 Å².